The van der Waals surface area contributed by atoms with Gasteiger partial charge < -0.3 is 9.30 Å². The van der Waals surface area contributed by atoms with Crippen molar-refractivity contribution < 1.29 is 4.74 Å². The van der Waals surface area contributed by atoms with Crippen LogP contribution in [0.2, 0.25) is 0 Å². The Kier molecular flexibility index (Phi) is 11.4. The molecule has 0 fully saturated rings. The van der Waals surface area contributed by atoms with Gasteiger partial charge in [-0.3, -0.25) is 0 Å². The van der Waals surface area contributed by atoms with Gasteiger partial charge in [-0.1, -0.05) is 163 Å². The van der Waals surface area contributed by atoms with Gasteiger partial charge in [0.15, 0.2) is 0 Å². The first-order valence-corrected chi connectivity index (χ1v) is 17.2. The Hall–Kier alpha value is -4.87. The predicted molar refractivity (Wildman–Crippen MR) is 194 cm³/mol. The molecule has 0 aliphatic carbocycles. The molecular weight excluding hydrogens is 563 g/mol. The predicted octanol–water partition coefficient (Wildman–Crippen LogP) is 6.33. The Morgan fingerprint density at radius 2 is 1.31 bits per heavy atom. The Morgan fingerprint density at radius 1 is 0.756 bits per heavy atom. The van der Waals surface area contributed by atoms with Crippen molar-refractivity contribution in [3.63, 3.8) is 0 Å². The van der Waals surface area contributed by atoms with E-state index in [9.17, 15) is 0 Å². The monoisotopic (exact) mass is 604 g/mol. The maximum atomic E-state index is 6.01. The summed E-state index contributed by atoms with van der Waals surface area (Å²) in [5, 5.41) is 1.10. The number of nitrogens with zero attached hydrogens (tertiary/aromatic N) is 2. The van der Waals surface area contributed by atoms with Crippen LogP contribution in [0, 0.1) is 0 Å². The number of hydrogen-bond donors (Lipinski definition) is 0. The minimum atomic E-state index is -0.877. The molecule has 1 aromatic heterocycles. The summed E-state index contributed by atoms with van der Waals surface area (Å²) in [4.78, 5) is 4.41. The van der Waals surface area contributed by atoms with Gasteiger partial charge in [-0.15, -0.1) is 12.6 Å². The first-order valence-electron chi connectivity index (χ1n) is 15.8. The van der Waals surface area contributed by atoms with Crippen molar-refractivity contribution in [3.8, 4) is 5.75 Å². The van der Waals surface area contributed by atoms with Gasteiger partial charge in [0, 0.05) is 12.4 Å². The summed E-state index contributed by atoms with van der Waals surface area (Å²) < 4.78 is 8.29. The molecule has 1 heterocycles. The van der Waals surface area contributed by atoms with Gasteiger partial charge in [-0.05, 0) is 29.7 Å². The molecule has 45 heavy (non-hydrogen) atoms. The van der Waals surface area contributed by atoms with Crippen LogP contribution >= 0.6 is 0 Å². The van der Waals surface area contributed by atoms with E-state index in [-0.39, 0.29) is 5.16 Å². The fourth-order valence-corrected chi connectivity index (χ4v) is 8.23. The van der Waals surface area contributed by atoms with E-state index in [1.54, 1.807) is 0 Å². The van der Waals surface area contributed by atoms with E-state index in [2.05, 4.69) is 163 Å². The van der Waals surface area contributed by atoms with Crippen molar-refractivity contribution in [2.75, 3.05) is 6.61 Å². The molecular formula is C40H41BN2OSi. The van der Waals surface area contributed by atoms with Crippen LogP contribution in [0.4, 0.5) is 0 Å². The molecule has 0 unspecified atom stereocenters. The molecule has 0 amide bonds. The molecule has 0 saturated carbocycles. The molecule has 0 bridgehead atoms. The number of ether oxygens (including phenoxy) is 1. The van der Waals surface area contributed by atoms with Crippen LogP contribution in [-0.2, 0) is 5.16 Å². The van der Waals surface area contributed by atoms with Crippen molar-refractivity contribution in [1.29, 1.82) is 0 Å². The summed E-state index contributed by atoms with van der Waals surface area (Å²) in [6.07, 6.45) is 8.14. The summed E-state index contributed by atoms with van der Waals surface area (Å²) in [6, 6.07) is 51.2. The molecule has 0 aliphatic rings. The smallest absolute Gasteiger partial charge is 0.233 e. The molecule has 0 saturated heterocycles. The number of benzene rings is 5. The van der Waals surface area contributed by atoms with Crippen LogP contribution in [0.1, 0.15) is 30.9 Å². The maximum absolute atomic E-state index is 6.01. The average Bonchev–Trinajstić information content (AvgIpc) is 3.66. The van der Waals surface area contributed by atoms with Crippen molar-refractivity contribution in [1.82, 2.24) is 9.55 Å². The highest BCUT2D eigenvalue weighted by Crippen LogP contribution is 2.33. The Morgan fingerprint density at radius 3 is 1.80 bits per heavy atom. The molecule has 6 aromatic rings. The fraction of sp³-hybridized carbons (Fsp3) is 0.125. The lowest BCUT2D eigenvalue weighted by atomic mass is 9.41. The first kappa shape index (κ1) is 31.6. The highest BCUT2D eigenvalue weighted by Gasteiger charge is 2.36. The highest BCUT2D eigenvalue weighted by molar-refractivity contribution is 6.89. The summed E-state index contributed by atoms with van der Waals surface area (Å²) in [5.74, 6) is 2.96. The molecule has 0 N–H and O–H groups in total. The van der Waals surface area contributed by atoms with Crippen molar-refractivity contribution >= 4 is 32.3 Å². The second kappa shape index (κ2) is 16.3. The number of aromatic nitrogens is 2. The standard InChI is InChI=1S/C26H28N2OSi.C14H13B/c1-2-3-19-29-24-15-10-16-25(20-24)30-26(28-18-17-27-21-28,22-11-6-4-7-12-22)23-13-8-5-9-14-23;1-2-15(13-9-5-3-6-10-13)14-11-7-4-8-12-14/h4-18,20-21H,2-3,19,30H2,1H3;2-12H,1H2. The molecule has 0 radical (unpaired) electrons. The van der Waals surface area contributed by atoms with Crippen molar-refractivity contribution in [2.24, 2.45) is 0 Å². The lowest BCUT2D eigenvalue weighted by Gasteiger charge is -2.37. The SMILES string of the molecule is C=CB(c1ccccc1)c1ccccc1.CCCCOc1cccc([SiH2]C(c2ccccc2)(c2ccccc2)n2ccnc2)c1. The molecule has 224 valence electrons. The zero-order valence-corrected chi connectivity index (χ0v) is 27.5. The Labute approximate surface area is 271 Å². The molecule has 0 spiro atoms. The third kappa shape index (κ3) is 8.00. The summed E-state index contributed by atoms with van der Waals surface area (Å²) in [6.45, 7) is 7.17. The molecule has 5 heteroatoms. The van der Waals surface area contributed by atoms with Crippen LogP contribution in [0.25, 0.3) is 0 Å². The van der Waals surface area contributed by atoms with Crippen molar-refractivity contribution in [2.45, 2.75) is 24.9 Å². The molecule has 5 aromatic carbocycles. The normalized spacial score (nSPS) is 11.0. The molecule has 3 nitrogen and oxygen atoms in total. The van der Waals surface area contributed by atoms with E-state index in [4.69, 9.17) is 4.74 Å². The van der Waals surface area contributed by atoms with E-state index in [1.807, 2.05) is 30.6 Å². The van der Waals surface area contributed by atoms with E-state index in [0.29, 0.717) is 6.71 Å². The second-order valence-corrected chi connectivity index (χ2v) is 13.3. The van der Waals surface area contributed by atoms with Crippen LogP contribution in [0.3, 0.4) is 0 Å². The lowest BCUT2D eigenvalue weighted by molar-refractivity contribution is 0.309. The lowest BCUT2D eigenvalue weighted by Crippen LogP contribution is -2.46. The zero-order valence-electron chi connectivity index (χ0n) is 26.1. The fourth-order valence-electron chi connectivity index (χ4n) is 5.83. The topological polar surface area (TPSA) is 27.1 Å². The van der Waals surface area contributed by atoms with Gasteiger partial charge in [-0.25, -0.2) is 4.98 Å². The molecule has 6 rings (SSSR count). The van der Waals surface area contributed by atoms with Gasteiger partial charge in [0.05, 0.1) is 27.6 Å². The quantitative estimate of drug-likeness (QED) is 0.121. The van der Waals surface area contributed by atoms with Gasteiger partial charge in [0.1, 0.15) is 5.75 Å². The van der Waals surface area contributed by atoms with Crippen LogP contribution in [-0.4, -0.2) is 32.4 Å². The zero-order chi connectivity index (χ0) is 31.2. The first-order chi connectivity index (χ1) is 22.2. The van der Waals surface area contributed by atoms with Gasteiger partial charge in [0.25, 0.3) is 0 Å². The number of rotatable bonds is 12. The van der Waals surface area contributed by atoms with Gasteiger partial charge in [-0.2, -0.15) is 0 Å². The van der Waals surface area contributed by atoms with E-state index in [0.717, 1.165) is 25.2 Å². The number of unbranched alkanes of at least 4 members (excludes halogenated alkanes) is 1. The van der Waals surface area contributed by atoms with Crippen LogP contribution in [0.5, 0.6) is 5.75 Å². The summed E-state index contributed by atoms with van der Waals surface area (Å²) in [5.41, 5.74) is 5.16. The van der Waals surface area contributed by atoms with Gasteiger partial charge in [0.2, 0.25) is 6.71 Å². The average molecular weight is 605 g/mol. The molecule has 0 aliphatic heterocycles. The minimum absolute atomic E-state index is 0.263. The third-order valence-electron chi connectivity index (χ3n) is 8.13. The summed E-state index contributed by atoms with van der Waals surface area (Å²) in [7, 11) is -0.877. The summed E-state index contributed by atoms with van der Waals surface area (Å²) >= 11 is 0. The third-order valence-corrected chi connectivity index (χ3v) is 10.7. The van der Waals surface area contributed by atoms with E-state index in [1.165, 1.54) is 27.2 Å². The Balaban J connectivity index is 0.000000223. The second-order valence-electron chi connectivity index (χ2n) is 11.1. The van der Waals surface area contributed by atoms with Crippen LogP contribution in [0.15, 0.2) is 177 Å². The van der Waals surface area contributed by atoms with Gasteiger partial charge >= 0.3 is 0 Å². The Bertz CT molecular complexity index is 1620. The highest BCUT2D eigenvalue weighted by atomic mass is 28.2. The largest absolute Gasteiger partial charge is 0.494 e. The van der Waals surface area contributed by atoms with Crippen molar-refractivity contribution in [3.05, 3.63) is 188 Å². The van der Waals surface area contributed by atoms with E-state index < -0.39 is 9.52 Å². The van der Waals surface area contributed by atoms with Crippen LogP contribution < -0.4 is 20.8 Å². The minimum Gasteiger partial charge on any atom is -0.494 e. The maximum Gasteiger partial charge on any atom is 0.233 e. The van der Waals surface area contributed by atoms with E-state index >= 15 is 0 Å². The number of hydrogen-bond acceptors (Lipinski definition) is 2. The molecule has 0 atom stereocenters. The number of imidazole rings is 1.